The van der Waals surface area contributed by atoms with Crippen molar-refractivity contribution in [3.05, 3.63) is 0 Å². The van der Waals surface area contributed by atoms with Crippen molar-refractivity contribution in [1.29, 1.82) is 0 Å². The van der Waals surface area contributed by atoms with Gasteiger partial charge in [-0.1, -0.05) is 34.6 Å². The number of Topliss-reactive ketones (excluding diaryl/α,β-unsaturated/α-hetero) is 1. The highest BCUT2D eigenvalue weighted by Gasteiger charge is 2.71. The lowest BCUT2D eigenvalue weighted by Gasteiger charge is -2.73. The van der Waals surface area contributed by atoms with Gasteiger partial charge < -0.3 is 9.47 Å². The summed E-state index contributed by atoms with van der Waals surface area (Å²) in [5, 5.41) is 0. The molecule has 214 valence electrons. The lowest BCUT2D eigenvalue weighted by molar-refractivity contribution is -0.252. The highest BCUT2D eigenvalue weighted by molar-refractivity contribution is 5.79. The van der Waals surface area contributed by atoms with E-state index in [4.69, 9.17) is 9.47 Å². The van der Waals surface area contributed by atoms with Crippen LogP contribution in [0, 0.1) is 56.7 Å². The molecule has 0 heterocycles. The van der Waals surface area contributed by atoms with Gasteiger partial charge in [0.2, 0.25) is 0 Å². The zero-order valence-corrected chi connectivity index (χ0v) is 25.3. The van der Waals surface area contributed by atoms with Gasteiger partial charge in [-0.05, 0) is 111 Å². The molecule has 0 radical (unpaired) electrons. The molecule has 10 atom stereocenters. The zero-order valence-electron chi connectivity index (χ0n) is 25.3. The van der Waals surface area contributed by atoms with Crippen LogP contribution in [0.1, 0.15) is 120 Å². The minimum atomic E-state index is -0.202. The zero-order chi connectivity index (χ0) is 27.9. The van der Waals surface area contributed by atoms with Crippen LogP contribution in [0.15, 0.2) is 0 Å². The van der Waals surface area contributed by atoms with Crippen LogP contribution in [0.4, 0.5) is 0 Å². The Balaban J connectivity index is 1.49. The van der Waals surface area contributed by atoms with E-state index >= 15 is 0 Å². The molecule has 38 heavy (non-hydrogen) atoms. The molecule has 0 spiro atoms. The molecule has 5 aliphatic rings. The van der Waals surface area contributed by atoms with Crippen molar-refractivity contribution < 1.29 is 23.9 Å². The van der Waals surface area contributed by atoms with Crippen LogP contribution in [0.3, 0.4) is 0 Å². The van der Waals surface area contributed by atoms with Crippen molar-refractivity contribution in [1.82, 2.24) is 0 Å². The maximum absolute atomic E-state index is 13.0. The number of carbonyl (C=O) groups excluding carboxylic acids is 3. The van der Waals surface area contributed by atoms with Crippen molar-refractivity contribution in [2.45, 2.75) is 126 Å². The van der Waals surface area contributed by atoms with Gasteiger partial charge in [-0.15, -0.1) is 0 Å². The second-order valence-corrected chi connectivity index (χ2v) is 15.6. The number of carbonyl (C=O) groups is 3. The third-order valence-electron chi connectivity index (χ3n) is 13.9. The second-order valence-electron chi connectivity index (χ2n) is 15.6. The molecule has 0 aliphatic heterocycles. The third kappa shape index (κ3) is 3.79. The van der Waals surface area contributed by atoms with Crippen molar-refractivity contribution in [3.8, 4) is 0 Å². The predicted molar refractivity (Wildman–Crippen MR) is 147 cm³/mol. The smallest absolute Gasteiger partial charge is 0.302 e. The third-order valence-corrected chi connectivity index (χ3v) is 13.9. The molecule has 0 amide bonds. The van der Waals surface area contributed by atoms with Crippen LogP contribution >= 0.6 is 0 Å². The summed E-state index contributed by atoms with van der Waals surface area (Å²) < 4.78 is 11.6. The van der Waals surface area contributed by atoms with Crippen LogP contribution in [-0.4, -0.2) is 30.4 Å². The van der Waals surface area contributed by atoms with Crippen molar-refractivity contribution in [2.75, 3.05) is 6.61 Å². The summed E-state index contributed by atoms with van der Waals surface area (Å²) in [6.07, 6.45) is 11.0. The number of hydrogen-bond donors (Lipinski definition) is 0. The Morgan fingerprint density at radius 1 is 0.711 bits per heavy atom. The average molecular weight is 529 g/mol. The Kier molecular flexibility index (Phi) is 6.71. The molecule has 5 saturated carbocycles. The van der Waals surface area contributed by atoms with E-state index in [9.17, 15) is 14.4 Å². The van der Waals surface area contributed by atoms with Crippen molar-refractivity contribution in [3.63, 3.8) is 0 Å². The van der Waals surface area contributed by atoms with Gasteiger partial charge in [0.05, 0.1) is 6.61 Å². The first-order valence-electron chi connectivity index (χ1n) is 15.4. The van der Waals surface area contributed by atoms with Gasteiger partial charge in [-0.2, -0.15) is 0 Å². The fourth-order valence-electron chi connectivity index (χ4n) is 12.1. The molecule has 0 bridgehead atoms. The standard InChI is InChI=1S/C33H52O5/c1-20(34)23-11-16-33(19-37-21(2)35)18-17-31(7)24(28(23)33)9-10-26-30(6)14-13-27(38-22(3)36)29(4,5)25(30)12-15-32(26,31)8/h23-28H,9-19H2,1-8H3/t23-,24+,25+,26-,27+,28+,30-,31+,32-,33-/m0/s1. The Bertz CT molecular complexity index is 1000. The second kappa shape index (κ2) is 9.06. The van der Waals surface area contributed by atoms with Gasteiger partial charge in [-0.3, -0.25) is 14.4 Å². The van der Waals surface area contributed by atoms with Gasteiger partial charge >= 0.3 is 11.9 Å². The van der Waals surface area contributed by atoms with E-state index in [0.29, 0.717) is 36.1 Å². The molecule has 0 aromatic carbocycles. The first-order chi connectivity index (χ1) is 17.6. The highest BCUT2D eigenvalue weighted by atomic mass is 16.5. The number of ether oxygens (including phenoxy) is 2. The molecule has 5 heteroatoms. The van der Waals surface area contributed by atoms with E-state index in [1.54, 1.807) is 13.8 Å². The van der Waals surface area contributed by atoms with Crippen LogP contribution in [0.25, 0.3) is 0 Å². The Labute approximate surface area is 230 Å². The number of rotatable bonds is 4. The summed E-state index contributed by atoms with van der Waals surface area (Å²) in [5.41, 5.74) is 0.532. The van der Waals surface area contributed by atoms with Crippen LogP contribution in [-0.2, 0) is 23.9 Å². The van der Waals surface area contributed by atoms with Crippen LogP contribution < -0.4 is 0 Å². The van der Waals surface area contributed by atoms with Crippen molar-refractivity contribution in [2.24, 2.45) is 56.7 Å². The molecule has 5 rings (SSSR count). The largest absolute Gasteiger partial charge is 0.465 e. The molecule has 0 saturated heterocycles. The van der Waals surface area contributed by atoms with Gasteiger partial charge in [-0.25, -0.2) is 0 Å². The minimum Gasteiger partial charge on any atom is -0.465 e. The number of fused-ring (bicyclic) bond motifs is 7. The van der Waals surface area contributed by atoms with Crippen LogP contribution in [0.2, 0.25) is 0 Å². The topological polar surface area (TPSA) is 69.7 Å². The molecule has 0 aromatic heterocycles. The monoisotopic (exact) mass is 528 g/mol. The predicted octanol–water partition coefficient (Wildman–Crippen LogP) is 7.15. The van der Waals surface area contributed by atoms with Gasteiger partial charge in [0.25, 0.3) is 0 Å². The molecule has 0 N–H and O–H groups in total. The van der Waals surface area contributed by atoms with E-state index in [2.05, 4.69) is 34.6 Å². The molecule has 5 fully saturated rings. The van der Waals surface area contributed by atoms with Crippen molar-refractivity contribution >= 4 is 17.7 Å². The summed E-state index contributed by atoms with van der Waals surface area (Å²) in [5.74, 6) is 2.05. The summed E-state index contributed by atoms with van der Waals surface area (Å²) in [7, 11) is 0. The Morgan fingerprint density at radius 2 is 1.42 bits per heavy atom. The Hall–Kier alpha value is -1.39. The molecule has 5 nitrogen and oxygen atoms in total. The van der Waals surface area contributed by atoms with E-state index in [0.717, 1.165) is 38.5 Å². The van der Waals surface area contributed by atoms with Crippen LogP contribution in [0.5, 0.6) is 0 Å². The molecular weight excluding hydrogens is 476 g/mol. The maximum Gasteiger partial charge on any atom is 0.302 e. The first-order valence-corrected chi connectivity index (χ1v) is 15.4. The van der Waals surface area contributed by atoms with E-state index in [1.165, 1.54) is 32.6 Å². The summed E-state index contributed by atoms with van der Waals surface area (Å²) >= 11 is 0. The first kappa shape index (κ1) is 28.1. The SMILES string of the molecule is CC(=O)OC[C@@]12CC[C@@H](C(C)=O)[C@@H]1[C@H]1CC[C@H]3[C@@]4(C)CC[C@@H](OC(C)=O)C(C)(C)[C@H]4CC[C@]3(C)[C@]1(C)CC2. The van der Waals surface area contributed by atoms with E-state index < -0.39 is 0 Å². The van der Waals surface area contributed by atoms with Gasteiger partial charge in [0.15, 0.2) is 0 Å². The number of esters is 2. The molecule has 5 aliphatic carbocycles. The minimum absolute atomic E-state index is 0.000688. The van der Waals surface area contributed by atoms with Gasteiger partial charge in [0, 0.05) is 30.6 Å². The average Bonchev–Trinajstić information content (AvgIpc) is 3.20. The molecular formula is C33H52O5. The van der Waals surface area contributed by atoms with Gasteiger partial charge in [0.1, 0.15) is 11.9 Å². The summed E-state index contributed by atoms with van der Waals surface area (Å²) in [4.78, 5) is 36.8. The fourth-order valence-corrected chi connectivity index (χ4v) is 12.1. The molecule has 0 unspecified atom stereocenters. The van der Waals surface area contributed by atoms with E-state index in [-0.39, 0.29) is 51.0 Å². The summed E-state index contributed by atoms with van der Waals surface area (Å²) in [6, 6.07) is 0. The lowest BCUT2D eigenvalue weighted by atomic mass is 9.32. The normalized spacial score (nSPS) is 49.1. The summed E-state index contributed by atoms with van der Waals surface area (Å²) in [6.45, 7) is 17.8. The number of hydrogen-bond acceptors (Lipinski definition) is 5. The lowest BCUT2D eigenvalue weighted by Crippen LogP contribution is -2.67. The quantitative estimate of drug-likeness (QED) is 0.362. The Morgan fingerprint density at radius 3 is 2.05 bits per heavy atom. The maximum atomic E-state index is 13.0. The highest BCUT2D eigenvalue weighted by Crippen LogP contribution is 2.77. The number of ketones is 1. The molecule has 0 aromatic rings. The fraction of sp³-hybridized carbons (Fsp3) is 0.909. The van der Waals surface area contributed by atoms with E-state index in [1.807, 2.05) is 0 Å².